The number of nitrogens with one attached hydrogen (secondary N) is 1. The number of hydrogen-bond donors (Lipinski definition) is 1. The molecule has 28 heavy (non-hydrogen) atoms. The van der Waals surface area contributed by atoms with Crippen molar-refractivity contribution >= 4 is 55.6 Å². The lowest BCUT2D eigenvalue weighted by Gasteiger charge is -2.10. The molecule has 0 amide bonds. The number of nitrogens with zero attached hydrogens (tertiary/aromatic N) is 2. The highest BCUT2D eigenvalue weighted by molar-refractivity contribution is 8.93. The van der Waals surface area contributed by atoms with Gasteiger partial charge in [-0.1, -0.05) is 23.7 Å². The van der Waals surface area contributed by atoms with Crippen LogP contribution in [0.25, 0.3) is 11.3 Å². The zero-order valence-electron chi connectivity index (χ0n) is 15.3. The van der Waals surface area contributed by atoms with Crippen LogP contribution >= 0.6 is 39.9 Å². The third kappa shape index (κ3) is 4.49. The first kappa shape index (κ1) is 22.6. The van der Waals surface area contributed by atoms with E-state index in [1.165, 1.54) is 24.5 Å². The van der Waals surface area contributed by atoms with Gasteiger partial charge in [-0.05, 0) is 37.4 Å². The highest BCUT2D eigenvalue weighted by atomic mass is 79.9. The molecule has 2 aromatic carbocycles. The molecule has 0 fully saturated rings. The standard InChI is InChI=1S/C18H18ClN3O3S2.BrH/c1-20-27(23,24)16-6-4-5-14(17(16)19)15-11-26-18(22(15)2)21-12-7-9-13(25-3)10-8-12;/h4-11,20H,1-3H3;1H. The Balaban J connectivity index is 0.00000280. The molecule has 0 saturated heterocycles. The molecule has 3 aromatic rings. The maximum Gasteiger partial charge on any atom is 0.241 e. The van der Waals surface area contributed by atoms with E-state index in [0.29, 0.717) is 5.56 Å². The molecule has 1 heterocycles. The van der Waals surface area contributed by atoms with E-state index in [2.05, 4.69) is 9.71 Å². The van der Waals surface area contributed by atoms with E-state index in [1.807, 2.05) is 41.3 Å². The van der Waals surface area contributed by atoms with E-state index in [0.717, 1.165) is 21.9 Å². The fourth-order valence-electron chi connectivity index (χ4n) is 2.51. The van der Waals surface area contributed by atoms with Crippen molar-refractivity contribution in [1.82, 2.24) is 9.29 Å². The maximum atomic E-state index is 12.2. The highest BCUT2D eigenvalue weighted by Crippen LogP contribution is 2.33. The van der Waals surface area contributed by atoms with Crippen LogP contribution in [0.2, 0.25) is 5.02 Å². The van der Waals surface area contributed by atoms with Crippen LogP contribution in [0.3, 0.4) is 0 Å². The fourth-order valence-corrected chi connectivity index (χ4v) is 4.78. The minimum absolute atomic E-state index is 0. The SMILES string of the molecule is Br.CNS(=O)(=O)c1cccc(-c2csc(=Nc3ccc(OC)cc3)n2C)c1Cl. The molecule has 10 heteroatoms. The van der Waals surface area contributed by atoms with Crippen molar-refractivity contribution in [3.8, 4) is 17.0 Å². The van der Waals surface area contributed by atoms with Crippen molar-refractivity contribution in [3.05, 3.63) is 57.7 Å². The van der Waals surface area contributed by atoms with Gasteiger partial charge < -0.3 is 9.30 Å². The number of halogens is 2. The second kappa shape index (κ2) is 9.23. The summed E-state index contributed by atoms with van der Waals surface area (Å²) in [7, 11) is 1.19. The predicted octanol–water partition coefficient (Wildman–Crippen LogP) is 4.13. The number of hydrogen-bond acceptors (Lipinski definition) is 5. The van der Waals surface area contributed by atoms with Crippen LogP contribution in [0.15, 0.2) is 57.7 Å². The van der Waals surface area contributed by atoms with Crippen molar-refractivity contribution in [1.29, 1.82) is 0 Å². The van der Waals surface area contributed by atoms with Gasteiger partial charge in [-0.2, -0.15) is 0 Å². The third-order valence-electron chi connectivity index (χ3n) is 4.02. The number of aromatic nitrogens is 1. The van der Waals surface area contributed by atoms with E-state index in [9.17, 15) is 8.42 Å². The maximum absolute atomic E-state index is 12.2. The molecule has 0 radical (unpaired) electrons. The summed E-state index contributed by atoms with van der Waals surface area (Å²) in [6.07, 6.45) is 0. The summed E-state index contributed by atoms with van der Waals surface area (Å²) < 4.78 is 33.6. The summed E-state index contributed by atoms with van der Waals surface area (Å²) in [6.45, 7) is 0. The Morgan fingerprint density at radius 3 is 2.46 bits per heavy atom. The van der Waals surface area contributed by atoms with Crippen LogP contribution in [0, 0.1) is 0 Å². The van der Waals surface area contributed by atoms with Gasteiger partial charge in [0.2, 0.25) is 10.0 Å². The van der Waals surface area contributed by atoms with Crippen LogP contribution in [0.4, 0.5) is 5.69 Å². The largest absolute Gasteiger partial charge is 0.497 e. The summed E-state index contributed by atoms with van der Waals surface area (Å²) in [5, 5.41) is 2.08. The molecule has 150 valence electrons. The van der Waals surface area contributed by atoms with Crippen molar-refractivity contribution in [2.75, 3.05) is 14.2 Å². The van der Waals surface area contributed by atoms with Gasteiger partial charge >= 0.3 is 0 Å². The van der Waals surface area contributed by atoms with Gasteiger partial charge in [-0.3, -0.25) is 0 Å². The van der Waals surface area contributed by atoms with Gasteiger partial charge in [0.15, 0.2) is 4.80 Å². The molecule has 0 spiro atoms. The Labute approximate surface area is 183 Å². The van der Waals surface area contributed by atoms with Gasteiger partial charge in [0.25, 0.3) is 0 Å². The Morgan fingerprint density at radius 1 is 1.18 bits per heavy atom. The lowest BCUT2D eigenvalue weighted by molar-refractivity contribution is 0.415. The number of ether oxygens (including phenoxy) is 1. The summed E-state index contributed by atoms with van der Waals surface area (Å²) in [6, 6.07) is 12.4. The highest BCUT2D eigenvalue weighted by Gasteiger charge is 2.20. The molecular formula is C18H19BrClN3O3S2. The molecule has 0 saturated carbocycles. The molecule has 0 atom stereocenters. The van der Waals surface area contributed by atoms with Gasteiger partial charge in [0, 0.05) is 18.0 Å². The van der Waals surface area contributed by atoms with Gasteiger partial charge in [0.1, 0.15) is 10.6 Å². The van der Waals surface area contributed by atoms with Crippen LogP contribution in [0.1, 0.15) is 0 Å². The molecule has 0 unspecified atom stereocenters. The van der Waals surface area contributed by atoms with Crippen LogP contribution in [-0.4, -0.2) is 27.1 Å². The number of benzene rings is 2. The lowest BCUT2D eigenvalue weighted by atomic mass is 10.2. The molecule has 0 aliphatic heterocycles. The Bertz CT molecular complexity index is 1140. The van der Waals surface area contributed by atoms with E-state index >= 15 is 0 Å². The van der Waals surface area contributed by atoms with Gasteiger partial charge in [-0.15, -0.1) is 28.3 Å². The van der Waals surface area contributed by atoms with Crippen molar-refractivity contribution in [2.24, 2.45) is 12.0 Å². The molecule has 0 bridgehead atoms. The first-order valence-electron chi connectivity index (χ1n) is 7.93. The third-order valence-corrected chi connectivity index (χ3v) is 6.91. The van der Waals surface area contributed by atoms with Crippen molar-refractivity contribution < 1.29 is 13.2 Å². The monoisotopic (exact) mass is 503 g/mol. The zero-order valence-corrected chi connectivity index (χ0v) is 19.4. The van der Waals surface area contributed by atoms with Crippen molar-refractivity contribution in [3.63, 3.8) is 0 Å². The van der Waals surface area contributed by atoms with Crippen molar-refractivity contribution in [2.45, 2.75) is 4.90 Å². The fraction of sp³-hybridized carbons (Fsp3) is 0.167. The normalized spacial score (nSPS) is 11.9. The van der Waals surface area contributed by atoms with E-state index < -0.39 is 10.0 Å². The summed E-state index contributed by atoms with van der Waals surface area (Å²) in [5.74, 6) is 0.763. The first-order chi connectivity index (χ1) is 12.9. The van der Waals surface area contributed by atoms with Crippen LogP contribution in [-0.2, 0) is 17.1 Å². The van der Waals surface area contributed by atoms with Crippen LogP contribution < -0.4 is 14.3 Å². The zero-order chi connectivity index (χ0) is 19.6. The summed E-state index contributed by atoms with van der Waals surface area (Å²) >= 11 is 7.85. The Hall–Kier alpha value is -1.65. The Kier molecular flexibility index (Phi) is 7.46. The molecular weight excluding hydrogens is 486 g/mol. The lowest BCUT2D eigenvalue weighted by Crippen LogP contribution is -2.19. The molecule has 0 aliphatic carbocycles. The van der Waals surface area contributed by atoms with E-state index in [-0.39, 0.29) is 26.9 Å². The predicted molar refractivity (Wildman–Crippen MR) is 119 cm³/mol. The second-order valence-electron chi connectivity index (χ2n) is 5.60. The van der Waals surface area contributed by atoms with Crippen LogP contribution in [0.5, 0.6) is 5.75 Å². The minimum Gasteiger partial charge on any atom is -0.497 e. The molecule has 3 rings (SSSR count). The summed E-state index contributed by atoms with van der Waals surface area (Å²) in [4.78, 5) is 5.43. The van der Waals surface area contributed by atoms with E-state index in [1.54, 1.807) is 19.2 Å². The average Bonchev–Trinajstić information content (AvgIpc) is 3.02. The number of rotatable bonds is 5. The topological polar surface area (TPSA) is 72.7 Å². The molecule has 1 aromatic heterocycles. The molecule has 1 N–H and O–H groups in total. The number of methoxy groups -OCH3 is 1. The average molecular weight is 505 g/mol. The summed E-state index contributed by atoms with van der Waals surface area (Å²) in [5.41, 5.74) is 2.20. The van der Waals surface area contributed by atoms with Gasteiger partial charge in [-0.25, -0.2) is 18.1 Å². The van der Waals surface area contributed by atoms with E-state index in [4.69, 9.17) is 16.3 Å². The second-order valence-corrected chi connectivity index (χ2v) is 8.67. The number of sulfonamides is 1. The molecule has 6 nitrogen and oxygen atoms in total. The van der Waals surface area contributed by atoms with Gasteiger partial charge in [0.05, 0.1) is 23.5 Å². The minimum atomic E-state index is -3.64. The smallest absolute Gasteiger partial charge is 0.241 e. The number of thiazole rings is 1. The Morgan fingerprint density at radius 2 is 1.86 bits per heavy atom. The first-order valence-corrected chi connectivity index (χ1v) is 10.7. The molecule has 0 aliphatic rings. The quantitative estimate of drug-likeness (QED) is 0.568.